The highest BCUT2D eigenvalue weighted by Gasteiger charge is 2.15. The lowest BCUT2D eigenvalue weighted by molar-refractivity contribution is 0.102. The third-order valence-electron chi connectivity index (χ3n) is 3.60. The molecule has 0 radical (unpaired) electrons. The standard InChI is InChI=1S/C18H16ClN3O/c1-12-4-3-5-16(10-12)22-13(2)17(11-20-22)18(23)21-15-8-6-14(19)7-9-15/h3-11H,1-2H3,(H,21,23). The van der Waals surface area contributed by atoms with Gasteiger partial charge < -0.3 is 5.32 Å². The van der Waals surface area contributed by atoms with Gasteiger partial charge in [-0.1, -0.05) is 23.7 Å². The van der Waals surface area contributed by atoms with Crippen LogP contribution < -0.4 is 5.32 Å². The summed E-state index contributed by atoms with van der Waals surface area (Å²) in [7, 11) is 0. The van der Waals surface area contributed by atoms with Gasteiger partial charge in [0.05, 0.1) is 23.1 Å². The van der Waals surface area contributed by atoms with Crippen molar-refractivity contribution in [3.05, 3.63) is 76.6 Å². The van der Waals surface area contributed by atoms with E-state index in [-0.39, 0.29) is 5.91 Å². The van der Waals surface area contributed by atoms with Gasteiger partial charge in [0.25, 0.3) is 5.91 Å². The molecule has 5 heteroatoms. The van der Waals surface area contributed by atoms with Crippen molar-refractivity contribution in [3.63, 3.8) is 0 Å². The fraction of sp³-hybridized carbons (Fsp3) is 0.111. The maximum absolute atomic E-state index is 12.4. The summed E-state index contributed by atoms with van der Waals surface area (Å²) in [4.78, 5) is 12.4. The third-order valence-corrected chi connectivity index (χ3v) is 3.85. The van der Waals surface area contributed by atoms with Crippen molar-refractivity contribution in [2.75, 3.05) is 5.32 Å². The third kappa shape index (κ3) is 3.27. The first kappa shape index (κ1) is 15.3. The highest BCUT2D eigenvalue weighted by atomic mass is 35.5. The Morgan fingerprint density at radius 3 is 2.57 bits per heavy atom. The highest BCUT2D eigenvalue weighted by molar-refractivity contribution is 6.30. The molecule has 0 bridgehead atoms. The van der Waals surface area contributed by atoms with Crippen molar-refractivity contribution in [1.29, 1.82) is 0 Å². The topological polar surface area (TPSA) is 46.9 Å². The lowest BCUT2D eigenvalue weighted by atomic mass is 10.2. The minimum Gasteiger partial charge on any atom is -0.322 e. The Balaban J connectivity index is 1.86. The Kier molecular flexibility index (Phi) is 4.17. The predicted molar refractivity (Wildman–Crippen MR) is 92.4 cm³/mol. The van der Waals surface area contributed by atoms with E-state index in [1.54, 1.807) is 35.1 Å². The Morgan fingerprint density at radius 2 is 1.87 bits per heavy atom. The van der Waals surface area contributed by atoms with E-state index in [1.165, 1.54) is 0 Å². The van der Waals surface area contributed by atoms with E-state index in [2.05, 4.69) is 10.4 Å². The molecule has 0 saturated heterocycles. The molecule has 2 aromatic carbocycles. The van der Waals surface area contributed by atoms with Gasteiger partial charge in [0.1, 0.15) is 0 Å². The number of nitrogens with zero attached hydrogens (tertiary/aromatic N) is 2. The highest BCUT2D eigenvalue weighted by Crippen LogP contribution is 2.18. The van der Waals surface area contributed by atoms with E-state index in [9.17, 15) is 4.79 Å². The van der Waals surface area contributed by atoms with Gasteiger partial charge >= 0.3 is 0 Å². The molecule has 23 heavy (non-hydrogen) atoms. The van der Waals surface area contributed by atoms with E-state index in [0.29, 0.717) is 16.3 Å². The molecule has 0 unspecified atom stereocenters. The van der Waals surface area contributed by atoms with Crippen molar-refractivity contribution < 1.29 is 4.79 Å². The molecular formula is C18H16ClN3O. The van der Waals surface area contributed by atoms with Gasteiger partial charge in [-0.25, -0.2) is 4.68 Å². The van der Waals surface area contributed by atoms with Gasteiger partial charge in [0.15, 0.2) is 0 Å². The molecule has 1 N–H and O–H groups in total. The van der Waals surface area contributed by atoms with Gasteiger partial charge in [0, 0.05) is 10.7 Å². The number of rotatable bonds is 3. The molecule has 0 aliphatic rings. The van der Waals surface area contributed by atoms with E-state index in [4.69, 9.17) is 11.6 Å². The van der Waals surface area contributed by atoms with Crippen molar-refractivity contribution in [2.24, 2.45) is 0 Å². The first-order valence-electron chi connectivity index (χ1n) is 7.23. The Bertz CT molecular complexity index is 853. The van der Waals surface area contributed by atoms with Crippen LogP contribution in [0.1, 0.15) is 21.6 Å². The molecule has 1 aromatic heterocycles. The lowest BCUT2D eigenvalue weighted by Crippen LogP contribution is -2.13. The first-order chi connectivity index (χ1) is 11.0. The van der Waals surface area contributed by atoms with E-state index in [0.717, 1.165) is 16.9 Å². The van der Waals surface area contributed by atoms with Crippen LogP contribution in [0.25, 0.3) is 5.69 Å². The molecule has 0 aliphatic heterocycles. The van der Waals surface area contributed by atoms with Crippen molar-refractivity contribution in [3.8, 4) is 5.69 Å². The lowest BCUT2D eigenvalue weighted by Gasteiger charge is -2.07. The summed E-state index contributed by atoms with van der Waals surface area (Å²) in [5.74, 6) is -0.191. The smallest absolute Gasteiger partial charge is 0.259 e. The van der Waals surface area contributed by atoms with Crippen molar-refractivity contribution in [2.45, 2.75) is 13.8 Å². The number of carbonyl (C=O) groups excluding carboxylic acids is 1. The molecular weight excluding hydrogens is 310 g/mol. The second kappa shape index (κ2) is 6.26. The molecule has 116 valence electrons. The van der Waals surface area contributed by atoms with Crippen LogP contribution in [0.5, 0.6) is 0 Å². The number of hydrogen-bond donors (Lipinski definition) is 1. The van der Waals surface area contributed by atoms with E-state index >= 15 is 0 Å². The average Bonchev–Trinajstić information content (AvgIpc) is 2.91. The number of aryl methyl sites for hydroxylation is 1. The SMILES string of the molecule is Cc1cccc(-n2ncc(C(=O)Nc3ccc(Cl)cc3)c2C)c1. The van der Waals surface area contributed by atoms with Gasteiger partial charge in [-0.05, 0) is 55.8 Å². The molecule has 0 atom stereocenters. The number of carbonyl (C=O) groups is 1. The number of amides is 1. The minimum absolute atomic E-state index is 0.191. The number of hydrogen-bond acceptors (Lipinski definition) is 2. The summed E-state index contributed by atoms with van der Waals surface area (Å²) in [6.45, 7) is 3.91. The van der Waals surface area contributed by atoms with Crippen LogP contribution in [0.4, 0.5) is 5.69 Å². The maximum Gasteiger partial charge on any atom is 0.259 e. The summed E-state index contributed by atoms with van der Waals surface area (Å²) >= 11 is 5.85. The van der Waals surface area contributed by atoms with E-state index < -0.39 is 0 Å². The molecule has 1 heterocycles. The Hall–Kier alpha value is -2.59. The second-order valence-corrected chi connectivity index (χ2v) is 5.79. The van der Waals surface area contributed by atoms with Crippen LogP contribution in [0.15, 0.2) is 54.7 Å². The number of nitrogens with one attached hydrogen (secondary N) is 1. The quantitative estimate of drug-likeness (QED) is 0.776. The van der Waals surface area contributed by atoms with E-state index in [1.807, 2.05) is 38.1 Å². The molecule has 3 aromatic rings. The van der Waals surface area contributed by atoms with Gasteiger partial charge in [-0.3, -0.25) is 4.79 Å². The number of benzene rings is 2. The van der Waals surface area contributed by atoms with Crippen molar-refractivity contribution >= 4 is 23.2 Å². The fourth-order valence-corrected chi connectivity index (χ4v) is 2.51. The monoisotopic (exact) mass is 325 g/mol. The Morgan fingerprint density at radius 1 is 1.13 bits per heavy atom. The fourth-order valence-electron chi connectivity index (χ4n) is 2.38. The molecule has 0 spiro atoms. The summed E-state index contributed by atoms with van der Waals surface area (Å²) in [6.07, 6.45) is 1.59. The predicted octanol–water partition coefficient (Wildman–Crippen LogP) is 4.39. The molecule has 3 rings (SSSR count). The van der Waals surface area contributed by atoms with Gasteiger partial charge in [0.2, 0.25) is 0 Å². The van der Waals surface area contributed by atoms with Gasteiger partial charge in [-0.15, -0.1) is 0 Å². The summed E-state index contributed by atoms with van der Waals surface area (Å²) in [5, 5.41) is 7.82. The van der Waals surface area contributed by atoms with Crippen LogP contribution >= 0.6 is 11.6 Å². The molecule has 1 amide bonds. The number of anilines is 1. The van der Waals surface area contributed by atoms with Crippen molar-refractivity contribution in [1.82, 2.24) is 9.78 Å². The molecule has 0 aliphatic carbocycles. The van der Waals surface area contributed by atoms with Crippen LogP contribution in [-0.4, -0.2) is 15.7 Å². The number of aromatic nitrogens is 2. The molecule has 0 saturated carbocycles. The van der Waals surface area contributed by atoms with Gasteiger partial charge in [-0.2, -0.15) is 5.10 Å². The number of halogens is 1. The summed E-state index contributed by atoms with van der Waals surface area (Å²) in [5.41, 5.74) is 4.11. The summed E-state index contributed by atoms with van der Waals surface area (Å²) < 4.78 is 1.77. The minimum atomic E-state index is -0.191. The Labute approximate surface area is 139 Å². The summed E-state index contributed by atoms with van der Waals surface area (Å²) in [6, 6.07) is 15.0. The first-order valence-corrected chi connectivity index (χ1v) is 7.61. The maximum atomic E-state index is 12.4. The molecule has 0 fully saturated rings. The van der Waals surface area contributed by atoms with Crippen LogP contribution in [-0.2, 0) is 0 Å². The average molecular weight is 326 g/mol. The van der Waals surface area contributed by atoms with Crippen LogP contribution in [0.3, 0.4) is 0 Å². The van der Waals surface area contributed by atoms with Crippen LogP contribution in [0, 0.1) is 13.8 Å². The normalized spacial score (nSPS) is 10.6. The zero-order valence-electron chi connectivity index (χ0n) is 12.9. The second-order valence-electron chi connectivity index (χ2n) is 5.36. The largest absolute Gasteiger partial charge is 0.322 e. The van der Waals surface area contributed by atoms with Crippen LogP contribution in [0.2, 0.25) is 5.02 Å². The zero-order valence-corrected chi connectivity index (χ0v) is 13.6. The molecule has 4 nitrogen and oxygen atoms in total. The zero-order chi connectivity index (χ0) is 16.4.